The van der Waals surface area contributed by atoms with Gasteiger partial charge in [0, 0.05) is 78.2 Å². The highest BCUT2D eigenvalue weighted by Crippen LogP contribution is 2.48. The number of hydrogen-bond acceptors (Lipinski definition) is 5. The van der Waals surface area contributed by atoms with Gasteiger partial charge in [-0.05, 0) is 57.0 Å². The van der Waals surface area contributed by atoms with Crippen molar-refractivity contribution in [3.8, 4) is 17.6 Å². The third kappa shape index (κ3) is 4.39. The Morgan fingerprint density at radius 2 is 1.65 bits per heavy atom. The van der Waals surface area contributed by atoms with Crippen LogP contribution < -0.4 is 29.9 Å². The van der Waals surface area contributed by atoms with E-state index in [0.717, 1.165) is 40.2 Å². The summed E-state index contributed by atoms with van der Waals surface area (Å²) in [6.45, 7) is 20.5. The molecular weight excluding hydrogens is 617 g/mol. The molecular formula is C38H33F3N4O3. The summed E-state index contributed by atoms with van der Waals surface area (Å²) in [5.74, 6) is -7.14. The van der Waals surface area contributed by atoms with Gasteiger partial charge < -0.3 is 19.5 Å². The number of carboxylic acids is 1. The molecule has 3 aromatic rings. The third-order valence-corrected chi connectivity index (χ3v) is 10.1. The van der Waals surface area contributed by atoms with Gasteiger partial charge in [-0.3, -0.25) is 4.85 Å². The largest absolute Gasteiger partial charge is 0.545 e. The van der Waals surface area contributed by atoms with Gasteiger partial charge in [0.1, 0.15) is 29.9 Å². The van der Waals surface area contributed by atoms with E-state index in [1.165, 1.54) is 0 Å². The molecule has 48 heavy (non-hydrogen) atoms. The summed E-state index contributed by atoms with van der Waals surface area (Å²) < 4.78 is 57.2. The second kappa shape index (κ2) is 10.3. The van der Waals surface area contributed by atoms with Crippen LogP contribution in [0.1, 0.15) is 86.6 Å². The van der Waals surface area contributed by atoms with Crippen molar-refractivity contribution in [1.29, 1.82) is 5.26 Å². The van der Waals surface area contributed by atoms with Crippen LogP contribution in [0.15, 0.2) is 36.4 Å². The highest BCUT2D eigenvalue weighted by atomic mass is 19.2. The molecule has 0 aliphatic carbocycles. The van der Waals surface area contributed by atoms with E-state index in [4.69, 9.17) is 11.3 Å². The van der Waals surface area contributed by atoms with Crippen molar-refractivity contribution in [2.45, 2.75) is 65.1 Å². The molecule has 3 aliphatic rings. The Kier molecular flexibility index (Phi) is 7.01. The Labute approximate surface area is 276 Å². The molecule has 0 fully saturated rings. The number of halogens is 3. The lowest BCUT2D eigenvalue weighted by Gasteiger charge is -2.41. The van der Waals surface area contributed by atoms with Crippen molar-refractivity contribution in [3.05, 3.63) is 109 Å². The summed E-state index contributed by atoms with van der Waals surface area (Å²) in [5.41, 5.74) is -2.54. The minimum atomic E-state index is -2.52. The normalized spacial score (nSPS) is 18.1. The fraction of sp³-hybridized carbons (Fsp3) is 0.316. The molecule has 0 saturated heterocycles. The Hall–Kier alpha value is -5.35. The Bertz CT molecular complexity index is 2310. The molecule has 0 saturated carbocycles. The number of benzene rings is 3. The van der Waals surface area contributed by atoms with Crippen LogP contribution in [-0.2, 0) is 5.54 Å². The van der Waals surface area contributed by atoms with E-state index >= 15 is 13.2 Å². The van der Waals surface area contributed by atoms with Gasteiger partial charge in [0.05, 0.1) is 17.6 Å². The lowest BCUT2D eigenvalue weighted by molar-refractivity contribution is -0.255. The quantitative estimate of drug-likeness (QED) is 0.168. The van der Waals surface area contributed by atoms with Gasteiger partial charge in [-0.15, -0.1) is 0 Å². The van der Waals surface area contributed by atoms with Crippen molar-refractivity contribution in [2.24, 2.45) is 0 Å². The van der Waals surface area contributed by atoms with Gasteiger partial charge in [0.25, 0.3) is 0 Å². The summed E-state index contributed by atoms with van der Waals surface area (Å²) in [7, 11) is 3.83. The molecule has 0 spiro atoms. The minimum Gasteiger partial charge on any atom is -0.545 e. The Morgan fingerprint density at radius 3 is 2.25 bits per heavy atom. The van der Waals surface area contributed by atoms with E-state index in [2.05, 4.69) is 17.0 Å². The van der Waals surface area contributed by atoms with Crippen LogP contribution in [0.2, 0.25) is 0 Å². The second-order valence-electron chi connectivity index (χ2n) is 13.9. The number of aromatic carboxylic acids is 1. The molecule has 1 unspecified atom stereocenters. The van der Waals surface area contributed by atoms with Gasteiger partial charge in [0.15, 0.2) is 23.2 Å². The van der Waals surface area contributed by atoms with Gasteiger partial charge in [-0.25, -0.2) is 24.3 Å². The maximum absolute atomic E-state index is 17.0. The summed E-state index contributed by atoms with van der Waals surface area (Å²) in [4.78, 5) is 17.8. The number of nitrogens with zero attached hydrogens (tertiary/aromatic N) is 4. The molecule has 7 nitrogen and oxygen atoms in total. The molecule has 244 valence electrons. The second-order valence-corrected chi connectivity index (χ2v) is 13.9. The summed E-state index contributed by atoms with van der Waals surface area (Å²) in [6, 6.07) is 8.53. The smallest absolute Gasteiger partial charge is 0.343 e. The number of fused-ring (bicyclic) bond motifs is 4. The molecule has 3 aromatic carbocycles. The molecule has 0 radical (unpaired) electrons. The molecule has 6 rings (SSSR count). The van der Waals surface area contributed by atoms with E-state index in [9.17, 15) is 15.2 Å². The van der Waals surface area contributed by atoms with Crippen molar-refractivity contribution >= 4 is 28.4 Å². The maximum Gasteiger partial charge on any atom is 0.343 e. The first kappa shape index (κ1) is 32.6. The zero-order chi connectivity index (χ0) is 35.4. The number of likely N-dealkylation sites (N-methyl/N-ethyl adjacent to an activating group) is 2. The van der Waals surface area contributed by atoms with Crippen LogP contribution in [-0.4, -0.2) is 31.1 Å². The fourth-order valence-corrected chi connectivity index (χ4v) is 7.10. The number of carbonyl (C=O) groups excluding carboxylic acids is 1. The molecule has 0 N–H and O–H groups in total. The fourth-order valence-electron chi connectivity index (χ4n) is 7.10. The van der Waals surface area contributed by atoms with E-state index in [1.807, 2.05) is 65.1 Å². The van der Waals surface area contributed by atoms with Crippen LogP contribution in [0.3, 0.4) is 0 Å². The summed E-state index contributed by atoms with van der Waals surface area (Å²) in [6.07, 6.45) is 4.11. The number of nitriles is 1. The molecule has 0 aromatic heterocycles. The molecule has 0 bridgehead atoms. The first-order valence-corrected chi connectivity index (χ1v) is 15.3. The summed E-state index contributed by atoms with van der Waals surface area (Å²) >= 11 is 0. The maximum atomic E-state index is 17.0. The highest BCUT2D eigenvalue weighted by molar-refractivity contribution is 5.99. The zero-order valence-corrected chi connectivity index (χ0v) is 28.1. The van der Waals surface area contributed by atoms with Crippen molar-refractivity contribution in [1.82, 2.24) is 4.58 Å². The van der Waals surface area contributed by atoms with E-state index in [0.29, 0.717) is 0 Å². The zero-order valence-electron chi connectivity index (χ0n) is 28.1. The first-order chi connectivity index (χ1) is 22.3. The Morgan fingerprint density at radius 1 is 1.00 bits per heavy atom. The molecule has 10 heteroatoms. The number of ether oxygens (including phenoxy) is 1. The van der Waals surface area contributed by atoms with Crippen LogP contribution >= 0.6 is 0 Å². The molecule has 1 atom stereocenters. The molecule has 0 amide bonds. The van der Waals surface area contributed by atoms with Gasteiger partial charge >= 0.3 is 5.54 Å². The standard InChI is InChI=1S/C38H33F3N4O3/c1-18-15-36(3,4)44(9)24-13-26-22(11-20(18)24)28(23-12-21-19(2)16-37(5,6)45(10)25(21)14-27(23)48-26)29-30(35(46)47)33(40)34(41)31(32(29)39)38(7,17-42)43-8/h11-16H,1-7,9-10H3. The molecule has 3 heterocycles. The van der Waals surface area contributed by atoms with Crippen LogP contribution in [0.4, 0.5) is 18.9 Å². The van der Waals surface area contributed by atoms with Crippen LogP contribution in [0.25, 0.3) is 21.6 Å². The number of carboxylic acid groups (broad SMARTS) is 1. The van der Waals surface area contributed by atoms with Gasteiger partial charge in [0.2, 0.25) is 5.36 Å². The van der Waals surface area contributed by atoms with E-state index in [-0.39, 0.29) is 38.9 Å². The number of hydrogen-bond donors (Lipinski definition) is 0. The first-order valence-electron chi connectivity index (χ1n) is 15.3. The van der Waals surface area contributed by atoms with Crippen molar-refractivity contribution in [2.75, 3.05) is 19.0 Å². The van der Waals surface area contributed by atoms with E-state index in [1.54, 1.807) is 30.3 Å². The van der Waals surface area contributed by atoms with Gasteiger partial charge in [-0.1, -0.05) is 6.08 Å². The number of anilines is 1. The van der Waals surface area contributed by atoms with E-state index < -0.39 is 45.7 Å². The summed E-state index contributed by atoms with van der Waals surface area (Å²) in [5, 5.41) is 23.5. The predicted molar refractivity (Wildman–Crippen MR) is 175 cm³/mol. The number of rotatable bonds is 3. The van der Waals surface area contributed by atoms with Crippen LogP contribution in [0.5, 0.6) is 11.5 Å². The average Bonchev–Trinajstić information content (AvgIpc) is 3.01. The number of carbonyl (C=O) groups is 1. The average molecular weight is 651 g/mol. The van der Waals surface area contributed by atoms with Crippen molar-refractivity contribution < 1.29 is 27.8 Å². The topological polar surface area (TPSA) is 83.8 Å². The monoisotopic (exact) mass is 650 g/mol. The molecule has 3 aliphatic heterocycles. The lowest BCUT2D eigenvalue weighted by Crippen LogP contribution is -2.47. The van der Waals surface area contributed by atoms with Gasteiger partial charge in [-0.2, -0.15) is 5.26 Å². The van der Waals surface area contributed by atoms with Crippen molar-refractivity contribution in [3.63, 3.8) is 0 Å². The SMILES string of the molecule is [C-]#[N+]C(C)(C#N)c1c(F)c(F)c(C(=O)[O-])c(C2=c3cc4c(cc3Oc3cc5c(cc32)C(C)=CC(C)(C)N5C)=[N+](C)C(C)(C)C=C4C)c1F. The lowest BCUT2D eigenvalue weighted by atomic mass is 9.81. The minimum absolute atomic E-state index is 0.0976. The Balaban J connectivity index is 1.89. The number of allylic oxidation sites excluding steroid dienone is 2. The highest BCUT2D eigenvalue weighted by Gasteiger charge is 2.45. The van der Waals surface area contributed by atoms with Crippen LogP contribution in [0, 0.1) is 35.4 Å². The predicted octanol–water partition coefficient (Wildman–Crippen LogP) is 5.43. The third-order valence-electron chi connectivity index (χ3n) is 10.1.